The van der Waals surface area contributed by atoms with Crippen LogP contribution in [0.1, 0.15) is 13.3 Å². The number of nitrogens with zero attached hydrogens (tertiary/aromatic N) is 3. The Hall–Kier alpha value is -1.33. The largest absolute Gasteiger partial charge is 0.490 e. The van der Waals surface area contributed by atoms with Crippen molar-refractivity contribution in [1.82, 2.24) is 9.88 Å². The van der Waals surface area contributed by atoms with E-state index in [9.17, 15) is 0 Å². The van der Waals surface area contributed by atoms with Crippen molar-refractivity contribution in [2.24, 2.45) is 5.73 Å². The van der Waals surface area contributed by atoms with Gasteiger partial charge in [0.15, 0.2) is 11.6 Å². The van der Waals surface area contributed by atoms with Crippen molar-refractivity contribution in [1.29, 1.82) is 0 Å². The molecule has 0 spiro atoms. The van der Waals surface area contributed by atoms with Crippen LogP contribution in [0.25, 0.3) is 0 Å². The summed E-state index contributed by atoms with van der Waals surface area (Å²) in [6.07, 6.45) is 2.91. The maximum absolute atomic E-state index is 5.65. The summed E-state index contributed by atoms with van der Waals surface area (Å²) in [5.74, 6) is 1.86. The van der Waals surface area contributed by atoms with Crippen LogP contribution in [0, 0.1) is 0 Å². The zero-order valence-electron chi connectivity index (χ0n) is 11.7. The molecular weight excluding hydrogens is 240 g/mol. The van der Waals surface area contributed by atoms with Gasteiger partial charge in [0.05, 0.1) is 6.61 Å². The first-order chi connectivity index (χ1) is 9.35. The van der Waals surface area contributed by atoms with Crippen LogP contribution in [-0.2, 0) is 0 Å². The highest BCUT2D eigenvalue weighted by Crippen LogP contribution is 2.26. The third-order valence-corrected chi connectivity index (χ3v) is 3.40. The first-order valence-electron chi connectivity index (χ1n) is 7.10. The maximum atomic E-state index is 5.65. The van der Waals surface area contributed by atoms with Crippen molar-refractivity contribution in [3.8, 4) is 5.75 Å². The molecule has 5 heteroatoms. The molecule has 1 saturated heterocycles. The molecule has 0 amide bonds. The molecule has 0 aromatic carbocycles. The summed E-state index contributed by atoms with van der Waals surface area (Å²) in [5.41, 5.74) is 5.55. The normalized spacial score (nSPS) is 16.6. The Morgan fingerprint density at radius 1 is 1.32 bits per heavy atom. The summed E-state index contributed by atoms with van der Waals surface area (Å²) in [6.45, 7) is 8.70. The van der Waals surface area contributed by atoms with Gasteiger partial charge in [0, 0.05) is 32.4 Å². The van der Waals surface area contributed by atoms with E-state index in [0.717, 1.165) is 57.3 Å². The second-order valence-electron chi connectivity index (χ2n) is 4.73. The van der Waals surface area contributed by atoms with Gasteiger partial charge < -0.3 is 15.4 Å². The Bertz CT molecular complexity index is 377. The number of rotatable bonds is 6. The van der Waals surface area contributed by atoms with Gasteiger partial charge in [-0.15, -0.1) is 0 Å². The summed E-state index contributed by atoms with van der Waals surface area (Å²) in [6, 6.07) is 3.92. The molecule has 5 nitrogen and oxygen atoms in total. The zero-order chi connectivity index (χ0) is 13.5. The van der Waals surface area contributed by atoms with E-state index in [2.05, 4.69) is 14.8 Å². The summed E-state index contributed by atoms with van der Waals surface area (Å²) >= 11 is 0. The molecule has 2 heterocycles. The average molecular weight is 264 g/mol. The monoisotopic (exact) mass is 264 g/mol. The molecule has 0 unspecified atom stereocenters. The molecule has 2 N–H and O–H groups in total. The molecule has 0 aliphatic carbocycles. The van der Waals surface area contributed by atoms with Crippen LogP contribution in [0.2, 0.25) is 0 Å². The lowest BCUT2D eigenvalue weighted by Crippen LogP contribution is -2.47. The van der Waals surface area contributed by atoms with E-state index >= 15 is 0 Å². The minimum absolute atomic E-state index is 0.676. The molecule has 1 aliphatic heterocycles. The van der Waals surface area contributed by atoms with Gasteiger partial charge in [-0.05, 0) is 38.6 Å². The van der Waals surface area contributed by atoms with Crippen LogP contribution in [0.3, 0.4) is 0 Å². The fourth-order valence-corrected chi connectivity index (χ4v) is 2.39. The van der Waals surface area contributed by atoms with E-state index in [4.69, 9.17) is 10.5 Å². The van der Waals surface area contributed by atoms with E-state index in [1.807, 2.05) is 25.3 Å². The molecule has 0 atom stereocenters. The van der Waals surface area contributed by atoms with Crippen LogP contribution >= 0.6 is 0 Å². The highest BCUT2D eigenvalue weighted by Gasteiger charge is 2.20. The van der Waals surface area contributed by atoms with Crippen molar-refractivity contribution in [3.63, 3.8) is 0 Å². The lowest BCUT2D eigenvalue weighted by Gasteiger charge is -2.35. The van der Waals surface area contributed by atoms with E-state index in [-0.39, 0.29) is 0 Å². The SMILES string of the molecule is CCOc1cccnc1N1CCN(CCCN)CC1. The molecule has 0 saturated carbocycles. The Balaban J connectivity index is 1.93. The Morgan fingerprint density at radius 2 is 2.11 bits per heavy atom. The molecule has 19 heavy (non-hydrogen) atoms. The highest BCUT2D eigenvalue weighted by molar-refractivity contribution is 5.52. The first kappa shape index (κ1) is 14.1. The van der Waals surface area contributed by atoms with Gasteiger partial charge in [0.25, 0.3) is 0 Å². The van der Waals surface area contributed by atoms with E-state index in [1.54, 1.807) is 0 Å². The predicted molar refractivity (Wildman–Crippen MR) is 77.7 cm³/mol. The summed E-state index contributed by atoms with van der Waals surface area (Å²) in [4.78, 5) is 9.24. The van der Waals surface area contributed by atoms with Gasteiger partial charge in [-0.2, -0.15) is 0 Å². The van der Waals surface area contributed by atoms with Crippen LogP contribution in [0.15, 0.2) is 18.3 Å². The Morgan fingerprint density at radius 3 is 2.79 bits per heavy atom. The molecule has 1 fully saturated rings. The quantitative estimate of drug-likeness (QED) is 0.829. The molecule has 1 aliphatic rings. The Labute approximate surface area is 115 Å². The van der Waals surface area contributed by atoms with Gasteiger partial charge in [-0.1, -0.05) is 0 Å². The fraction of sp³-hybridized carbons (Fsp3) is 0.643. The minimum Gasteiger partial charge on any atom is -0.490 e. The van der Waals surface area contributed by atoms with Gasteiger partial charge in [0.1, 0.15) is 0 Å². The molecule has 2 rings (SSSR count). The molecule has 1 aromatic rings. The number of nitrogens with two attached hydrogens (primary N) is 1. The summed E-state index contributed by atoms with van der Waals surface area (Å²) < 4.78 is 5.65. The third kappa shape index (κ3) is 3.81. The standard InChI is InChI=1S/C14H24N4O/c1-2-19-13-5-3-7-16-14(13)18-11-9-17(10-12-18)8-4-6-15/h3,5,7H,2,4,6,8-12,15H2,1H3. The topological polar surface area (TPSA) is 54.6 Å². The van der Waals surface area contributed by atoms with Gasteiger partial charge >= 0.3 is 0 Å². The number of hydrogen-bond acceptors (Lipinski definition) is 5. The Kier molecular flexibility index (Phi) is 5.42. The number of anilines is 1. The lowest BCUT2D eigenvalue weighted by atomic mass is 10.2. The third-order valence-electron chi connectivity index (χ3n) is 3.40. The second kappa shape index (κ2) is 7.31. The minimum atomic E-state index is 0.676. The van der Waals surface area contributed by atoms with E-state index in [1.165, 1.54) is 0 Å². The molecule has 0 bridgehead atoms. The number of aromatic nitrogens is 1. The van der Waals surface area contributed by atoms with Crippen LogP contribution in [0.5, 0.6) is 5.75 Å². The van der Waals surface area contributed by atoms with Crippen molar-refractivity contribution >= 4 is 5.82 Å². The molecule has 0 radical (unpaired) electrons. The summed E-state index contributed by atoms with van der Waals surface area (Å²) in [7, 11) is 0. The number of piperazine rings is 1. The lowest BCUT2D eigenvalue weighted by molar-refractivity contribution is 0.254. The smallest absolute Gasteiger partial charge is 0.171 e. The molecular formula is C14H24N4O. The van der Waals surface area contributed by atoms with Crippen molar-refractivity contribution in [3.05, 3.63) is 18.3 Å². The maximum Gasteiger partial charge on any atom is 0.171 e. The van der Waals surface area contributed by atoms with Gasteiger partial charge in [-0.25, -0.2) is 4.98 Å². The van der Waals surface area contributed by atoms with Gasteiger partial charge in [0.2, 0.25) is 0 Å². The summed E-state index contributed by atoms with van der Waals surface area (Å²) in [5, 5.41) is 0. The number of ether oxygens (including phenoxy) is 1. The highest BCUT2D eigenvalue weighted by atomic mass is 16.5. The van der Waals surface area contributed by atoms with Crippen LogP contribution < -0.4 is 15.4 Å². The van der Waals surface area contributed by atoms with E-state index in [0.29, 0.717) is 6.61 Å². The molecule has 106 valence electrons. The van der Waals surface area contributed by atoms with Crippen LogP contribution in [-0.4, -0.2) is 55.8 Å². The predicted octanol–water partition coefficient (Wildman–Crippen LogP) is 0.951. The van der Waals surface area contributed by atoms with Crippen molar-refractivity contribution < 1.29 is 4.74 Å². The number of hydrogen-bond donors (Lipinski definition) is 1. The number of pyridine rings is 1. The van der Waals surface area contributed by atoms with Crippen molar-refractivity contribution in [2.75, 3.05) is 50.8 Å². The average Bonchev–Trinajstić information content (AvgIpc) is 2.47. The molecule has 1 aromatic heterocycles. The fourth-order valence-electron chi connectivity index (χ4n) is 2.39. The first-order valence-corrected chi connectivity index (χ1v) is 7.10. The van der Waals surface area contributed by atoms with E-state index < -0.39 is 0 Å². The zero-order valence-corrected chi connectivity index (χ0v) is 11.7. The van der Waals surface area contributed by atoms with Gasteiger partial charge in [-0.3, -0.25) is 4.90 Å². The van der Waals surface area contributed by atoms with Crippen LogP contribution in [0.4, 0.5) is 5.82 Å². The van der Waals surface area contributed by atoms with Crippen molar-refractivity contribution in [2.45, 2.75) is 13.3 Å². The second-order valence-corrected chi connectivity index (χ2v) is 4.73.